The topological polar surface area (TPSA) is 42.0 Å². The molecule has 1 aliphatic heterocycles. The highest BCUT2D eigenvalue weighted by Crippen LogP contribution is 2.33. The highest BCUT2D eigenvalue weighted by Gasteiger charge is 2.33. The molecule has 150 valence electrons. The van der Waals surface area contributed by atoms with Crippen LogP contribution in [0, 0.1) is 5.92 Å². The number of hydrogen-bond donors (Lipinski definition) is 0. The van der Waals surface area contributed by atoms with Gasteiger partial charge in [0.15, 0.2) is 11.5 Å². The third-order valence-electron chi connectivity index (χ3n) is 5.87. The van der Waals surface area contributed by atoms with Crippen LogP contribution in [-0.4, -0.2) is 55.6 Å². The summed E-state index contributed by atoms with van der Waals surface area (Å²) in [5.41, 5.74) is 1.09. The van der Waals surface area contributed by atoms with Gasteiger partial charge in [-0.15, -0.1) is 0 Å². The van der Waals surface area contributed by atoms with Crippen molar-refractivity contribution in [3.05, 3.63) is 23.8 Å². The molecule has 1 aromatic rings. The summed E-state index contributed by atoms with van der Waals surface area (Å²) in [5.74, 6) is 2.01. The summed E-state index contributed by atoms with van der Waals surface area (Å²) < 4.78 is 10.7. The molecule has 2 aliphatic rings. The third-order valence-corrected chi connectivity index (χ3v) is 5.87. The predicted octanol–water partition coefficient (Wildman–Crippen LogP) is 3.71. The van der Waals surface area contributed by atoms with Crippen LogP contribution in [0.1, 0.15) is 51.0 Å². The Morgan fingerprint density at radius 3 is 2.59 bits per heavy atom. The van der Waals surface area contributed by atoms with Gasteiger partial charge in [0.2, 0.25) is 5.91 Å². The van der Waals surface area contributed by atoms with Gasteiger partial charge in [0, 0.05) is 31.6 Å². The number of carbonyl (C=O) groups excluding carboxylic acids is 1. The fraction of sp³-hybridized carbons (Fsp3) is 0.682. The molecule has 1 aliphatic carbocycles. The molecule has 1 saturated heterocycles. The minimum atomic E-state index is 0.249. The number of benzene rings is 1. The van der Waals surface area contributed by atoms with E-state index in [1.807, 2.05) is 23.1 Å². The van der Waals surface area contributed by atoms with Crippen LogP contribution in [0.25, 0.3) is 0 Å². The van der Waals surface area contributed by atoms with Gasteiger partial charge in [-0.1, -0.05) is 12.5 Å². The molecule has 0 radical (unpaired) electrons. The molecule has 1 aromatic carbocycles. The average Bonchev–Trinajstić information content (AvgIpc) is 3.53. The van der Waals surface area contributed by atoms with E-state index in [0.29, 0.717) is 18.5 Å². The quantitative estimate of drug-likeness (QED) is 0.661. The molecular weight excluding hydrogens is 340 g/mol. The van der Waals surface area contributed by atoms with Crippen molar-refractivity contribution >= 4 is 5.91 Å². The summed E-state index contributed by atoms with van der Waals surface area (Å²) in [6.07, 6.45) is 7.09. The van der Waals surface area contributed by atoms with Crippen molar-refractivity contribution in [3.8, 4) is 11.5 Å². The summed E-state index contributed by atoms with van der Waals surface area (Å²) in [6, 6.07) is 6.61. The van der Waals surface area contributed by atoms with E-state index >= 15 is 0 Å². The van der Waals surface area contributed by atoms with Crippen LogP contribution >= 0.6 is 0 Å². The number of carbonyl (C=O) groups is 1. The van der Waals surface area contributed by atoms with Crippen LogP contribution in [0.5, 0.6) is 11.5 Å². The monoisotopic (exact) mass is 374 g/mol. The maximum atomic E-state index is 12.8. The summed E-state index contributed by atoms with van der Waals surface area (Å²) >= 11 is 0. The SMILES string of the molecule is COc1ccc(CN(CCCN2CCCCC2C)C(=O)C2CC2)cc1OC. The van der Waals surface area contributed by atoms with Crippen molar-refractivity contribution in [2.75, 3.05) is 33.9 Å². The first-order chi connectivity index (χ1) is 13.1. The number of ether oxygens (including phenoxy) is 2. The van der Waals surface area contributed by atoms with Crippen LogP contribution in [0.3, 0.4) is 0 Å². The minimum Gasteiger partial charge on any atom is -0.493 e. The minimum absolute atomic E-state index is 0.249. The van der Waals surface area contributed by atoms with Crippen LogP contribution in [0.4, 0.5) is 0 Å². The van der Waals surface area contributed by atoms with E-state index in [4.69, 9.17) is 9.47 Å². The van der Waals surface area contributed by atoms with Crippen molar-refractivity contribution in [1.82, 2.24) is 9.80 Å². The molecule has 3 rings (SSSR count). The lowest BCUT2D eigenvalue weighted by molar-refractivity contribution is -0.133. The molecule has 5 nitrogen and oxygen atoms in total. The van der Waals surface area contributed by atoms with Gasteiger partial charge in [-0.05, 0) is 63.3 Å². The normalized spacial score (nSPS) is 20.3. The van der Waals surface area contributed by atoms with Crippen molar-refractivity contribution in [2.45, 2.75) is 58.0 Å². The van der Waals surface area contributed by atoms with Crippen LogP contribution in [0.15, 0.2) is 18.2 Å². The van der Waals surface area contributed by atoms with E-state index in [1.54, 1.807) is 14.2 Å². The van der Waals surface area contributed by atoms with E-state index in [0.717, 1.165) is 49.4 Å². The van der Waals surface area contributed by atoms with Gasteiger partial charge < -0.3 is 19.3 Å². The summed E-state index contributed by atoms with van der Waals surface area (Å²) in [7, 11) is 3.29. The molecule has 0 bridgehead atoms. The van der Waals surface area contributed by atoms with E-state index < -0.39 is 0 Å². The lowest BCUT2D eigenvalue weighted by atomic mass is 10.0. The van der Waals surface area contributed by atoms with Crippen molar-refractivity contribution in [3.63, 3.8) is 0 Å². The summed E-state index contributed by atoms with van der Waals surface area (Å²) in [5, 5.41) is 0. The standard InChI is InChI=1S/C22H34N2O3/c1-17-7-4-5-12-23(17)13-6-14-24(22(25)19-9-10-19)16-18-8-11-20(26-2)21(15-18)27-3/h8,11,15,17,19H,4-7,9-10,12-14,16H2,1-3H3. The first-order valence-electron chi connectivity index (χ1n) is 10.4. The Kier molecular flexibility index (Phi) is 7.00. The van der Waals surface area contributed by atoms with Gasteiger partial charge in [0.1, 0.15) is 0 Å². The molecule has 5 heteroatoms. The largest absolute Gasteiger partial charge is 0.493 e. The zero-order valence-corrected chi connectivity index (χ0v) is 17.1. The molecule has 0 spiro atoms. The van der Waals surface area contributed by atoms with Gasteiger partial charge >= 0.3 is 0 Å². The van der Waals surface area contributed by atoms with Crippen LogP contribution < -0.4 is 9.47 Å². The maximum Gasteiger partial charge on any atom is 0.225 e. The second kappa shape index (κ2) is 9.45. The second-order valence-corrected chi connectivity index (χ2v) is 7.96. The molecule has 0 N–H and O–H groups in total. The maximum absolute atomic E-state index is 12.8. The third kappa shape index (κ3) is 5.38. The Hall–Kier alpha value is -1.75. The fourth-order valence-corrected chi connectivity index (χ4v) is 4.01. The lowest BCUT2D eigenvalue weighted by Gasteiger charge is -2.34. The average molecular weight is 375 g/mol. The molecule has 1 unspecified atom stereocenters. The Morgan fingerprint density at radius 2 is 1.93 bits per heavy atom. The van der Waals surface area contributed by atoms with E-state index in [-0.39, 0.29) is 5.92 Å². The van der Waals surface area contributed by atoms with Crippen molar-refractivity contribution in [1.29, 1.82) is 0 Å². The lowest BCUT2D eigenvalue weighted by Crippen LogP contribution is -2.40. The Labute approximate surface area is 163 Å². The van der Waals surface area contributed by atoms with E-state index in [1.165, 1.54) is 25.8 Å². The fourth-order valence-electron chi connectivity index (χ4n) is 4.01. The van der Waals surface area contributed by atoms with Crippen LogP contribution in [0.2, 0.25) is 0 Å². The Morgan fingerprint density at radius 1 is 1.15 bits per heavy atom. The molecule has 27 heavy (non-hydrogen) atoms. The summed E-state index contributed by atoms with van der Waals surface area (Å²) in [6.45, 7) is 6.09. The van der Waals surface area contributed by atoms with Gasteiger partial charge in [0.25, 0.3) is 0 Å². The van der Waals surface area contributed by atoms with E-state index in [9.17, 15) is 4.79 Å². The summed E-state index contributed by atoms with van der Waals surface area (Å²) in [4.78, 5) is 17.4. The first kappa shape index (κ1) is 20.0. The smallest absolute Gasteiger partial charge is 0.225 e. The van der Waals surface area contributed by atoms with Gasteiger partial charge in [0.05, 0.1) is 14.2 Å². The van der Waals surface area contributed by atoms with Crippen LogP contribution in [-0.2, 0) is 11.3 Å². The number of methoxy groups -OCH3 is 2. The second-order valence-electron chi connectivity index (χ2n) is 7.96. The molecule has 1 saturated carbocycles. The highest BCUT2D eigenvalue weighted by atomic mass is 16.5. The number of likely N-dealkylation sites (tertiary alicyclic amines) is 1. The Bertz CT molecular complexity index is 630. The van der Waals surface area contributed by atoms with Gasteiger partial charge in [-0.3, -0.25) is 4.79 Å². The molecule has 1 amide bonds. The van der Waals surface area contributed by atoms with Crippen molar-refractivity contribution < 1.29 is 14.3 Å². The predicted molar refractivity (Wildman–Crippen MR) is 107 cm³/mol. The van der Waals surface area contributed by atoms with Crippen molar-refractivity contribution in [2.24, 2.45) is 5.92 Å². The number of amides is 1. The first-order valence-corrected chi connectivity index (χ1v) is 10.4. The molecule has 1 heterocycles. The molecular formula is C22H34N2O3. The Balaban J connectivity index is 1.60. The number of hydrogen-bond acceptors (Lipinski definition) is 4. The zero-order valence-electron chi connectivity index (χ0n) is 17.1. The van der Waals surface area contributed by atoms with E-state index in [2.05, 4.69) is 11.8 Å². The van der Waals surface area contributed by atoms with Gasteiger partial charge in [-0.25, -0.2) is 0 Å². The number of piperidine rings is 1. The number of nitrogens with zero attached hydrogens (tertiary/aromatic N) is 2. The molecule has 2 fully saturated rings. The molecule has 0 aromatic heterocycles. The van der Waals surface area contributed by atoms with Gasteiger partial charge in [-0.2, -0.15) is 0 Å². The zero-order chi connectivity index (χ0) is 19.2. The number of rotatable bonds is 9. The molecule has 1 atom stereocenters. The highest BCUT2D eigenvalue weighted by molar-refractivity contribution is 5.81.